The fourth-order valence-electron chi connectivity index (χ4n) is 2.81. The van der Waals surface area contributed by atoms with E-state index in [9.17, 15) is 29.8 Å². The maximum absolute atomic E-state index is 12.7. The summed E-state index contributed by atoms with van der Waals surface area (Å²) in [5.41, 5.74) is 0.926. The van der Waals surface area contributed by atoms with Gasteiger partial charge in [0.1, 0.15) is 10.6 Å². The maximum Gasteiger partial charge on any atom is 0.341 e. The summed E-state index contributed by atoms with van der Waals surface area (Å²) < 4.78 is 4.85. The second-order valence-electron chi connectivity index (χ2n) is 6.42. The summed E-state index contributed by atoms with van der Waals surface area (Å²) in [4.78, 5) is 45.6. The number of nitrogens with one attached hydrogen (secondary N) is 1. The number of ether oxygens (including phenoxy) is 1. The maximum atomic E-state index is 12.7. The second-order valence-corrected chi connectivity index (χ2v) is 7.30. The number of aryl methyl sites for hydroxylation is 1. The molecule has 0 atom stereocenters. The number of carbonyl (C=O) groups is 2. The molecule has 158 valence electrons. The Morgan fingerprint density at radius 2 is 1.58 bits per heavy atom. The molecule has 1 aromatic heterocycles. The van der Waals surface area contributed by atoms with E-state index in [2.05, 4.69) is 5.32 Å². The van der Waals surface area contributed by atoms with Crippen LogP contribution in [0.3, 0.4) is 0 Å². The molecule has 0 saturated heterocycles. The fourth-order valence-corrected chi connectivity index (χ4v) is 3.76. The summed E-state index contributed by atoms with van der Waals surface area (Å²) in [6.45, 7) is 1.92. The molecule has 0 unspecified atom stereocenters. The van der Waals surface area contributed by atoms with Gasteiger partial charge in [-0.2, -0.15) is 0 Å². The van der Waals surface area contributed by atoms with E-state index < -0.39 is 33.1 Å². The third kappa shape index (κ3) is 4.56. The number of nitro benzene ring substituents is 2. The third-order valence-electron chi connectivity index (χ3n) is 4.36. The number of amides is 1. The molecule has 1 N–H and O–H groups in total. The summed E-state index contributed by atoms with van der Waals surface area (Å²) in [5.74, 6) is -1.52. The van der Waals surface area contributed by atoms with Crippen LogP contribution in [0.5, 0.6) is 0 Å². The molecule has 10 nitrogen and oxygen atoms in total. The number of nitro groups is 2. The minimum Gasteiger partial charge on any atom is -0.465 e. The van der Waals surface area contributed by atoms with Crippen molar-refractivity contribution < 1.29 is 24.2 Å². The summed E-state index contributed by atoms with van der Waals surface area (Å²) in [6.07, 6.45) is 0. The monoisotopic (exact) mass is 441 g/mol. The van der Waals surface area contributed by atoms with Gasteiger partial charge in [-0.1, -0.05) is 29.8 Å². The number of non-ortho nitro benzene ring substituents is 2. The van der Waals surface area contributed by atoms with Gasteiger partial charge in [-0.05, 0) is 12.5 Å². The molecule has 0 saturated carbocycles. The molecule has 31 heavy (non-hydrogen) atoms. The summed E-state index contributed by atoms with van der Waals surface area (Å²) in [5, 5.41) is 26.5. The Morgan fingerprint density at radius 1 is 1.00 bits per heavy atom. The van der Waals surface area contributed by atoms with Gasteiger partial charge in [0.15, 0.2) is 0 Å². The number of esters is 1. The standard InChI is InChI=1S/C20H15N3O7S/c1-11-3-5-12(6-4-11)16-10-31-19(17(16)20(25)30-2)21-18(24)13-7-14(22(26)27)9-15(8-13)23(28)29/h3-10H,1-2H3,(H,21,24). The highest BCUT2D eigenvalue weighted by Gasteiger charge is 2.25. The van der Waals surface area contributed by atoms with Gasteiger partial charge >= 0.3 is 5.97 Å². The molecule has 0 radical (unpaired) electrons. The van der Waals surface area contributed by atoms with Crippen molar-refractivity contribution in [3.8, 4) is 11.1 Å². The lowest BCUT2D eigenvalue weighted by molar-refractivity contribution is -0.394. The van der Waals surface area contributed by atoms with E-state index in [0.29, 0.717) is 5.56 Å². The van der Waals surface area contributed by atoms with Crippen molar-refractivity contribution in [2.24, 2.45) is 0 Å². The van der Waals surface area contributed by atoms with Crippen LogP contribution in [0, 0.1) is 27.2 Å². The van der Waals surface area contributed by atoms with E-state index in [1.54, 1.807) is 5.38 Å². The van der Waals surface area contributed by atoms with Crippen molar-refractivity contribution in [1.82, 2.24) is 0 Å². The average Bonchev–Trinajstić information content (AvgIpc) is 3.16. The molecule has 0 aliphatic carbocycles. The van der Waals surface area contributed by atoms with E-state index >= 15 is 0 Å². The van der Waals surface area contributed by atoms with Crippen LogP contribution in [-0.2, 0) is 4.74 Å². The predicted octanol–water partition coefficient (Wildman–Crippen LogP) is 4.58. The van der Waals surface area contributed by atoms with Gasteiger partial charge < -0.3 is 10.1 Å². The number of thiophene rings is 1. The number of rotatable bonds is 6. The van der Waals surface area contributed by atoms with Gasteiger partial charge in [0.05, 0.1) is 28.6 Å². The first-order valence-electron chi connectivity index (χ1n) is 8.73. The highest BCUT2D eigenvalue weighted by molar-refractivity contribution is 7.15. The SMILES string of the molecule is COC(=O)c1c(-c2ccc(C)cc2)csc1NC(=O)c1cc([N+](=O)[O-])cc([N+](=O)[O-])c1. The van der Waals surface area contributed by atoms with Crippen LogP contribution >= 0.6 is 11.3 Å². The highest BCUT2D eigenvalue weighted by atomic mass is 32.1. The zero-order valence-corrected chi connectivity index (χ0v) is 17.1. The van der Waals surface area contributed by atoms with Crippen molar-refractivity contribution in [3.05, 3.63) is 84.8 Å². The van der Waals surface area contributed by atoms with Crippen molar-refractivity contribution >= 4 is 39.6 Å². The molecule has 1 heterocycles. The molecule has 11 heteroatoms. The van der Waals surface area contributed by atoms with Crippen molar-refractivity contribution in [2.75, 3.05) is 12.4 Å². The molecule has 1 amide bonds. The number of hydrogen-bond acceptors (Lipinski definition) is 8. The Bertz CT molecular complexity index is 1170. The third-order valence-corrected chi connectivity index (χ3v) is 5.25. The molecule has 2 aromatic carbocycles. The number of anilines is 1. The molecular weight excluding hydrogens is 426 g/mol. The van der Waals surface area contributed by atoms with E-state index in [0.717, 1.165) is 40.7 Å². The Kier molecular flexibility index (Phi) is 6.07. The van der Waals surface area contributed by atoms with Crippen LogP contribution in [0.2, 0.25) is 0 Å². The zero-order chi connectivity index (χ0) is 22.7. The van der Waals surface area contributed by atoms with Gasteiger partial charge in [0.25, 0.3) is 17.3 Å². The summed E-state index contributed by atoms with van der Waals surface area (Å²) >= 11 is 1.06. The number of methoxy groups -OCH3 is 1. The molecule has 0 aliphatic rings. The van der Waals surface area contributed by atoms with Crippen molar-refractivity contribution in [2.45, 2.75) is 6.92 Å². The number of hydrogen-bond donors (Lipinski definition) is 1. The van der Waals surface area contributed by atoms with Gasteiger partial charge in [0, 0.05) is 23.1 Å². The van der Waals surface area contributed by atoms with Crippen LogP contribution in [0.4, 0.5) is 16.4 Å². The van der Waals surface area contributed by atoms with Crippen molar-refractivity contribution in [3.63, 3.8) is 0 Å². The Hall–Kier alpha value is -4.12. The first-order valence-corrected chi connectivity index (χ1v) is 9.61. The van der Waals surface area contributed by atoms with Gasteiger partial charge in [-0.25, -0.2) is 4.79 Å². The van der Waals surface area contributed by atoms with Crippen molar-refractivity contribution in [1.29, 1.82) is 0 Å². The highest BCUT2D eigenvalue weighted by Crippen LogP contribution is 2.36. The lowest BCUT2D eigenvalue weighted by Gasteiger charge is -2.08. The molecule has 0 spiro atoms. The zero-order valence-electron chi connectivity index (χ0n) is 16.3. The molecule has 0 fully saturated rings. The van der Waals surface area contributed by atoms with E-state index in [1.807, 2.05) is 31.2 Å². The first kappa shape index (κ1) is 21.6. The van der Waals surface area contributed by atoms with Crippen LogP contribution in [0.15, 0.2) is 47.8 Å². The second kappa shape index (κ2) is 8.71. The van der Waals surface area contributed by atoms with Gasteiger partial charge in [-0.3, -0.25) is 25.0 Å². The Morgan fingerprint density at radius 3 is 2.10 bits per heavy atom. The number of nitrogens with zero attached hydrogens (tertiary/aromatic N) is 2. The lowest BCUT2D eigenvalue weighted by Crippen LogP contribution is -2.14. The summed E-state index contributed by atoms with van der Waals surface area (Å²) in [7, 11) is 1.20. The van der Waals surface area contributed by atoms with E-state index in [4.69, 9.17) is 4.74 Å². The minimum atomic E-state index is -0.839. The van der Waals surface area contributed by atoms with E-state index in [1.165, 1.54) is 7.11 Å². The minimum absolute atomic E-state index is 0.115. The fraction of sp³-hybridized carbons (Fsp3) is 0.100. The molecular formula is C20H15N3O7S. The molecule has 3 rings (SSSR count). The van der Waals surface area contributed by atoms with Gasteiger partial charge in [0.2, 0.25) is 0 Å². The Balaban J connectivity index is 2.02. The van der Waals surface area contributed by atoms with Crippen LogP contribution < -0.4 is 5.32 Å². The Labute approximate surface area is 179 Å². The van der Waals surface area contributed by atoms with Crippen LogP contribution in [0.1, 0.15) is 26.3 Å². The smallest absolute Gasteiger partial charge is 0.341 e. The molecule has 3 aromatic rings. The average molecular weight is 441 g/mol. The number of benzene rings is 2. The largest absolute Gasteiger partial charge is 0.465 e. The molecule has 0 aliphatic heterocycles. The van der Waals surface area contributed by atoms with Crippen LogP contribution in [0.25, 0.3) is 11.1 Å². The quantitative estimate of drug-likeness (QED) is 0.335. The van der Waals surface area contributed by atoms with E-state index in [-0.39, 0.29) is 16.1 Å². The lowest BCUT2D eigenvalue weighted by atomic mass is 10.0. The predicted molar refractivity (Wildman–Crippen MR) is 114 cm³/mol. The summed E-state index contributed by atoms with van der Waals surface area (Å²) in [6, 6.07) is 9.99. The first-order chi connectivity index (χ1) is 14.7. The molecule has 0 bridgehead atoms. The van der Waals surface area contributed by atoms with Crippen LogP contribution in [-0.4, -0.2) is 28.8 Å². The normalized spacial score (nSPS) is 10.4. The topological polar surface area (TPSA) is 142 Å². The number of carbonyl (C=O) groups excluding carboxylic acids is 2. The van der Waals surface area contributed by atoms with Gasteiger partial charge in [-0.15, -0.1) is 11.3 Å².